The van der Waals surface area contributed by atoms with Crippen LogP contribution in [0.15, 0.2) is 6.20 Å². The number of rotatable bonds is 5. The largest absolute Gasteiger partial charge is 0.356 e. The molecule has 1 fully saturated rings. The first-order chi connectivity index (χ1) is 11.1. The summed E-state index contributed by atoms with van der Waals surface area (Å²) in [5.41, 5.74) is 0.694. The lowest BCUT2D eigenvalue weighted by Gasteiger charge is -2.18. The number of nitrogens with one attached hydrogen (secondary N) is 1. The molecule has 3 rings (SSSR count). The second-order valence-corrected chi connectivity index (χ2v) is 6.13. The van der Waals surface area contributed by atoms with Crippen molar-refractivity contribution >= 4 is 22.8 Å². The molecule has 1 aliphatic heterocycles. The van der Waals surface area contributed by atoms with Gasteiger partial charge in [0.2, 0.25) is 5.82 Å². The number of hydrogen-bond acceptors (Lipinski definition) is 6. The molecule has 2 aromatic rings. The van der Waals surface area contributed by atoms with E-state index in [1.807, 2.05) is 26.0 Å². The van der Waals surface area contributed by atoms with Gasteiger partial charge in [-0.05, 0) is 26.9 Å². The summed E-state index contributed by atoms with van der Waals surface area (Å²) in [5, 5.41) is 8.04. The fourth-order valence-electron chi connectivity index (χ4n) is 2.75. The Labute approximate surface area is 135 Å². The number of anilines is 1. The summed E-state index contributed by atoms with van der Waals surface area (Å²) in [6.07, 6.45) is 4.07. The van der Waals surface area contributed by atoms with Crippen LogP contribution in [-0.2, 0) is 7.05 Å². The smallest absolute Gasteiger partial charge is 0.289 e. The number of aromatic nitrogens is 4. The molecule has 3 heterocycles. The normalized spacial score (nSPS) is 14.9. The molecule has 23 heavy (non-hydrogen) atoms. The average Bonchev–Trinajstić information content (AvgIpc) is 3.16. The number of aryl methyl sites for hydroxylation is 1. The molecule has 1 aliphatic rings. The van der Waals surface area contributed by atoms with Gasteiger partial charge in [0.15, 0.2) is 5.65 Å². The van der Waals surface area contributed by atoms with Crippen LogP contribution in [0.4, 0.5) is 5.82 Å². The van der Waals surface area contributed by atoms with Crippen LogP contribution in [0.3, 0.4) is 0 Å². The maximum absolute atomic E-state index is 12.4. The first-order valence-corrected chi connectivity index (χ1v) is 7.94. The van der Waals surface area contributed by atoms with Crippen molar-refractivity contribution in [2.24, 2.45) is 7.05 Å². The highest BCUT2D eigenvalue weighted by molar-refractivity contribution is 5.95. The third kappa shape index (κ3) is 3.26. The van der Waals surface area contributed by atoms with Gasteiger partial charge in [-0.3, -0.25) is 9.48 Å². The highest BCUT2D eigenvalue weighted by Crippen LogP contribution is 2.26. The topological polar surface area (TPSA) is 79.2 Å². The van der Waals surface area contributed by atoms with Gasteiger partial charge in [0.05, 0.1) is 11.6 Å². The van der Waals surface area contributed by atoms with E-state index in [-0.39, 0.29) is 11.7 Å². The van der Waals surface area contributed by atoms with Crippen molar-refractivity contribution in [1.29, 1.82) is 0 Å². The van der Waals surface area contributed by atoms with E-state index in [0.717, 1.165) is 43.7 Å². The van der Waals surface area contributed by atoms with E-state index in [4.69, 9.17) is 0 Å². The molecule has 0 aromatic carbocycles. The van der Waals surface area contributed by atoms with Crippen molar-refractivity contribution in [3.63, 3.8) is 0 Å². The summed E-state index contributed by atoms with van der Waals surface area (Å²) >= 11 is 0. The Morgan fingerprint density at radius 1 is 1.30 bits per heavy atom. The van der Waals surface area contributed by atoms with Gasteiger partial charge in [0, 0.05) is 33.2 Å². The molecule has 1 saturated heterocycles. The predicted molar refractivity (Wildman–Crippen MR) is 88.6 cm³/mol. The fraction of sp³-hybridized carbons (Fsp3) is 0.600. The van der Waals surface area contributed by atoms with Crippen LogP contribution in [0, 0.1) is 0 Å². The van der Waals surface area contributed by atoms with Crippen molar-refractivity contribution in [3.05, 3.63) is 12.0 Å². The van der Waals surface area contributed by atoms with Crippen molar-refractivity contribution in [2.75, 3.05) is 45.2 Å². The molecule has 0 atom stereocenters. The van der Waals surface area contributed by atoms with Gasteiger partial charge in [-0.25, -0.2) is 9.97 Å². The minimum absolute atomic E-state index is 0.210. The summed E-state index contributed by atoms with van der Waals surface area (Å²) in [7, 11) is 5.77. The van der Waals surface area contributed by atoms with E-state index in [2.05, 4.69) is 25.3 Å². The Kier molecular flexibility index (Phi) is 4.42. The Morgan fingerprint density at radius 2 is 2.04 bits per heavy atom. The molecule has 0 aliphatic carbocycles. The SMILES string of the molecule is CN(C)CCNC(=O)c1nc(N2CCCC2)c2cnn(C)c2n1. The Balaban J connectivity index is 1.90. The van der Waals surface area contributed by atoms with Gasteiger partial charge in [0.1, 0.15) is 5.82 Å². The number of fused-ring (bicyclic) bond motifs is 1. The second kappa shape index (κ2) is 6.49. The Bertz CT molecular complexity index is 703. The van der Waals surface area contributed by atoms with Crippen molar-refractivity contribution < 1.29 is 4.79 Å². The first kappa shape index (κ1) is 15.7. The van der Waals surface area contributed by atoms with Crippen LogP contribution in [-0.4, -0.2) is 70.8 Å². The molecule has 0 radical (unpaired) electrons. The molecule has 0 unspecified atom stereocenters. The number of likely N-dealkylation sites (N-methyl/N-ethyl adjacent to an activating group) is 1. The molecule has 8 heteroatoms. The molecule has 0 bridgehead atoms. The monoisotopic (exact) mass is 317 g/mol. The molecule has 0 spiro atoms. The van der Waals surface area contributed by atoms with Gasteiger partial charge in [0.25, 0.3) is 5.91 Å². The van der Waals surface area contributed by atoms with Crippen LogP contribution < -0.4 is 10.2 Å². The fourth-order valence-corrected chi connectivity index (χ4v) is 2.75. The highest BCUT2D eigenvalue weighted by Gasteiger charge is 2.22. The second-order valence-electron chi connectivity index (χ2n) is 6.13. The molecule has 8 nitrogen and oxygen atoms in total. The first-order valence-electron chi connectivity index (χ1n) is 7.94. The molecule has 0 saturated carbocycles. The van der Waals surface area contributed by atoms with E-state index in [9.17, 15) is 4.79 Å². The van der Waals surface area contributed by atoms with Gasteiger partial charge < -0.3 is 15.1 Å². The lowest BCUT2D eigenvalue weighted by molar-refractivity contribution is 0.0941. The Hall–Kier alpha value is -2.22. The minimum Gasteiger partial charge on any atom is -0.356 e. The van der Waals surface area contributed by atoms with Crippen LogP contribution >= 0.6 is 0 Å². The quantitative estimate of drug-likeness (QED) is 0.852. The zero-order chi connectivity index (χ0) is 16.4. The molecular formula is C15H23N7O. The Morgan fingerprint density at radius 3 is 2.74 bits per heavy atom. The number of hydrogen-bond donors (Lipinski definition) is 1. The summed E-state index contributed by atoms with van der Waals surface area (Å²) in [6.45, 7) is 3.27. The molecule has 2 aromatic heterocycles. The van der Waals surface area contributed by atoms with Gasteiger partial charge in [-0.1, -0.05) is 0 Å². The van der Waals surface area contributed by atoms with Gasteiger partial charge in [-0.15, -0.1) is 0 Å². The van der Waals surface area contributed by atoms with E-state index >= 15 is 0 Å². The van der Waals surface area contributed by atoms with Crippen molar-refractivity contribution in [2.45, 2.75) is 12.8 Å². The van der Waals surface area contributed by atoms with Crippen molar-refractivity contribution in [1.82, 2.24) is 30.0 Å². The molecular weight excluding hydrogens is 294 g/mol. The molecule has 1 amide bonds. The zero-order valence-electron chi connectivity index (χ0n) is 13.9. The van der Waals surface area contributed by atoms with Crippen LogP contribution in [0.1, 0.15) is 23.5 Å². The lowest BCUT2D eigenvalue weighted by Crippen LogP contribution is -2.33. The lowest BCUT2D eigenvalue weighted by atomic mass is 10.3. The maximum atomic E-state index is 12.4. The number of nitrogens with zero attached hydrogens (tertiary/aromatic N) is 6. The highest BCUT2D eigenvalue weighted by atomic mass is 16.2. The number of amides is 1. The summed E-state index contributed by atoms with van der Waals surface area (Å²) in [5.74, 6) is 0.788. The number of carbonyl (C=O) groups excluding carboxylic acids is 1. The third-order valence-corrected chi connectivity index (χ3v) is 4.03. The minimum atomic E-state index is -0.240. The third-order valence-electron chi connectivity index (χ3n) is 4.03. The van der Waals surface area contributed by atoms with Crippen LogP contribution in [0.5, 0.6) is 0 Å². The summed E-state index contributed by atoms with van der Waals surface area (Å²) in [4.78, 5) is 25.5. The molecule has 124 valence electrons. The molecule has 1 N–H and O–H groups in total. The standard InChI is InChI=1S/C15H23N7O/c1-20(2)9-6-16-15(23)12-18-13-11(10-17-21(13)3)14(19-12)22-7-4-5-8-22/h10H,4-9H2,1-3H3,(H,16,23). The van der Waals surface area contributed by atoms with E-state index in [1.54, 1.807) is 10.9 Å². The zero-order valence-corrected chi connectivity index (χ0v) is 13.9. The van der Waals surface area contributed by atoms with E-state index in [1.165, 1.54) is 0 Å². The summed E-state index contributed by atoms with van der Waals surface area (Å²) in [6, 6.07) is 0. The number of carbonyl (C=O) groups is 1. The van der Waals surface area contributed by atoms with E-state index < -0.39 is 0 Å². The maximum Gasteiger partial charge on any atom is 0.289 e. The van der Waals surface area contributed by atoms with Gasteiger partial charge >= 0.3 is 0 Å². The summed E-state index contributed by atoms with van der Waals surface area (Å²) < 4.78 is 1.69. The van der Waals surface area contributed by atoms with E-state index in [0.29, 0.717) is 12.2 Å². The van der Waals surface area contributed by atoms with Crippen LogP contribution in [0.2, 0.25) is 0 Å². The van der Waals surface area contributed by atoms with Crippen molar-refractivity contribution in [3.8, 4) is 0 Å². The van der Waals surface area contributed by atoms with Crippen LogP contribution in [0.25, 0.3) is 11.0 Å². The predicted octanol–water partition coefficient (Wildman–Crippen LogP) is 0.255. The van der Waals surface area contributed by atoms with Gasteiger partial charge in [-0.2, -0.15) is 5.10 Å². The average molecular weight is 317 g/mol.